The van der Waals surface area contributed by atoms with Crippen molar-refractivity contribution in [2.24, 2.45) is 5.10 Å². The predicted molar refractivity (Wildman–Crippen MR) is 170 cm³/mol. The van der Waals surface area contributed by atoms with E-state index in [1.165, 1.54) is 0 Å². The first-order chi connectivity index (χ1) is 20.5. The van der Waals surface area contributed by atoms with Gasteiger partial charge in [0.15, 0.2) is 11.5 Å². The number of halogens is 1. The zero-order chi connectivity index (χ0) is 29.3. The Hall–Kier alpha value is -4.47. The van der Waals surface area contributed by atoms with Crippen LogP contribution in [0.3, 0.4) is 0 Å². The van der Waals surface area contributed by atoms with Crippen LogP contribution in [0.25, 0.3) is 11.3 Å². The van der Waals surface area contributed by atoms with Crippen LogP contribution < -0.4 is 19.6 Å². The summed E-state index contributed by atoms with van der Waals surface area (Å²) in [5.41, 5.74) is 7.64. The molecule has 9 heteroatoms. The van der Waals surface area contributed by atoms with Gasteiger partial charge < -0.3 is 14.2 Å². The highest BCUT2D eigenvalue weighted by Crippen LogP contribution is 2.30. The Bertz CT molecular complexity index is 1690. The maximum Gasteiger partial charge on any atom is 0.271 e. The second-order valence-electron chi connectivity index (χ2n) is 9.26. The number of ether oxygens (including phenoxy) is 3. The van der Waals surface area contributed by atoms with E-state index in [9.17, 15) is 4.79 Å². The maximum atomic E-state index is 12.7. The standard InChI is InChI=1S/C33H28BrN3O4S/c1-22-36-29(21-42-22)25-9-11-26(12-10-25)33(38)37-35-18-27-17-28(34)13-15-30(27)40-20-24-8-14-31(32(16-24)39-2)41-19-23-6-4-3-5-7-23/h3-18,21H,19-20H2,1-2H3,(H,37,38)/b35-18+. The molecule has 1 aromatic heterocycles. The van der Waals surface area contributed by atoms with Gasteiger partial charge in [-0.25, -0.2) is 10.4 Å². The number of thiazole rings is 1. The molecule has 0 aliphatic rings. The molecule has 5 rings (SSSR count). The minimum atomic E-state index is -0.314. The number of nitrogens with one attached hydrogen (secondary N) is 1. The number of rotatable bonds is 11. The van der Waals surface area contributed by atoms with Gasteiger partial charge in [-0.1, -0.05) is 64.5 Å². The molecule has 0 bridgehead atoms. The summed E-state index contributed by atoms with van der Waals surface area (Å²) in [6.07, 6.45) is 1.56. The molecule has 212 valence electrons. The van der Waals surface area contributed by atoms with Crippen molar-refractivity contribution in [1.29, 1.82) is 0 Å². The van der Waals surface area contributed by atoms with Gasteiger partial charge >= 0.3 is 0 Å². The lowest BCUT2D eigenvalue weighted by atomic mass is 10.1. The van der Waals surface area contributed by atoms with Crippen LogP contribution in [-0.4, -0.2) is 24.2 Å². The molecule has 1 heterocycles. The largest absolute Gasteiger partial charge is 0.493 e. The smallest absolute Gasteiger partial charge is 0.271 e. The number of aromatic nitrogens is 1. The first-order valence-corrected chi connectivity index (χ1v) is 14.8. The van der Waals surface area contributed by atoms with Gasteiger partial charge in [0.1, 0.15) is 19.0 Å². The average molecular weight is 643 g/mol. The van der Waals surface area contributed by atoms with Crippen LogP contribution in [0.5, 0.6) is 17.2 Å². The third-order valence-corrected chi connectivity index (χ3v) is 7.53. The van der Waals surface area contributed by atoms with Gasteiger partial charge in [-0.3, -0.25) is 4.79 Å². The summed E-state index contributed by atoms with van der Waals surface area (Å²) in [5.74, 6) is 1.58. The van der Waals surface area contributed by atoms with Crippen LogP contribution in [0.15, 0.2) is 106 Å². The summed E-state index contributed by atoms with van der Waals surface area (Å²) in [6, 6.07) is 28.6. The van der Waals surface area contributed by atoms with Crippen molar-refractivity contribution in [3.8, 4) is 28.5 Å². The van der Waals surface area contributed by atoms with E-state index in [1.807, 2.05) is 91.2 Å². The molecular weight excluding hydrogens is 614 g/mol. The monoisotopic (exact) mass is 641 g/mol. The van der Waals surface area contributed by atoms with Gasteiger partial charge in [-0.2, -0.15) is 5.10 Å². The Morgan fingerprint density at radius 2 is 1.64 bits per heavy atom. The molecule has 0 aliphatic heterocycles. The zero-order valence-corrected chi connectivity index (χ0v) is 25.4. The number of amides is 1. The summed E-state index contributed by atoms with van der Waals surface area (Å²) in [6.45, 7) is 2.71. The highest BCUT2D eigenvalue weighted by molar-refractivity contribution is 9.10. The van der Waals surface area contributed by atoms with Crippen LogP contribution in [0.4, 0.5) is 0 Å². The van der Waals surface area contributed by atoms with E-state index >= 15 is 0 Å². The summed E-state index contributed by atoms with van der Waals surface area (Å²) in [7, 11) is 1.61. The molecule has 1 amide bonds. The molecule has 0 atom stereocenters. The normalized spacial score (nSPS) is 10.9. The highest BCUT2D eigenvalue weighted by Gasteiger charge is 2.10. The van der Waals surface area contributed by atoms with Gasteiger partial charge in [-0.15, -0.1) is 11.3 Å². The summed E-state index contributed by atoms with van der Waals surface area (Å²) < 4.78 is 18.5. The predicted octanol–water partition coefficient (Wildman–Crippen LogP) is 7.81. The third kappa shape index (κ3) is 7.63. The molecular formula is C33H28BrN3O4S. The van der Waals surface area contributed by atoms with Crippen molar-refractivity contribution in [1.82, 2.24) is 10.4 Å². The van der Waals surface area contributed by atoms with E-state index in [0.717, 1.165) is 31.9 Å². The Morgan fingerprint density at radius 3 is 2.38 bits per heavy atom. The Balaban J connectivity index is 1.20. The van der Waals surface area contributed by atoms with E-state index in [0.29, 0.717) is 41.6 Å². The first kappa shape index (κ1) is 29.0. The molecule has 0 radical (unpaired) electrons. The molecule has 42 heavy (non-hydrogen) atoms. The fourth-order valence-corrected chi connectivity index (χ4v) is 5.08. The van der Waals surface area contributed by atoms with Crippen LogP contribution in [0, 0.1) is 6.92 Å². The van der Waals surface area contributed by atoms with Crippen molar-refractivity contribution in [2.75, 3.05) is 7.11 Å². The van der Waals surface area contributed by atoms with E-state index < -0.39 is 0 Å². The molecule has 0 saturated carbocycles. The number of carbonyl (C=O) groups excluding carboxylic acids is 1. The second-order valence-corrected chi connectivity index (χ2v) is 11.2. The number of aryl methyl sites for hydroxylation is 1. The summed E-state index contributed by atoms with van der Waals surface area (Å²) in [5, 5.41) is 7.17. The average Bonchev–Trinajstić information content (AvgIpc) is 3.46. The van der Waals surface area contributed by atoms with Gasteiger partial charge in [0.25, 0.3) is 5.91 Å². The Morgan fingerprint density at radius 1 is 0.905 bits per heavy atom. The lowest BCUT2D eigenvalue weighted by molar-refractivity contribution is 0.0955. The minimum absolute atomic E-state index is 0.301. The highest BCUT2D eigenvalue weighted by atomic mass is 79.9. The lowest BCUT2D eigenvalue weighted by Gasteiger charge is -2.14. The number of carbonyl (C=O) groups is 1. The van der Waals surface area contributed by atoms with Crippen LogP contribution >= 0.6 is 27.3 Å². The maximum absolute atomic E-state index is 12.7. The Kier molecular flexibility index (Phi) is 9.63. The number of methoxy groups -OCH3 is 1. The topological polar surface area (TPSA) is 82.0 Å². The van der Waals surface area contributed by atoms with Gasteiger partial charge in [-0.05, 0) is 60.5 Å². The van der Waals surface area contributed by atoms with Crippen LogP contribution in [0.2, 0.25) is 0 Å². The third-order valence-electron chi connectivity index (χ3n) is 6.26. The van der Waals surface area contributed by atoms with Gasteiger partial charge in [0.05, 0.1) is 24.0 Å². The fraction of sp³-hybridized carbons (Fsp3) is 0.121. The summed E-state index contributed by atoms with van der Waals surface area (Å²) >= 11 is 5.09. The van der Waals surface area contributed by atoms with Gasteiger partial charge in [0.2, 0.25) is 0 Å². The van der Waals surface area contributed by atoms with Crippen molar-refractivity contribution < 1.29 is 19.0 Å². The SMILES string of the molecule is COc1cc(COc2ccc(Br)cc2/C=N/NC(=O)c2ccc(-c3csc(C)n3)cc2)ccc1OCc1ccccc1. The van der Waals surface area contributed by atoms with E-state index in [-0.39, 0.29) is 5.91 Å². The molecule has 4 aromatic carbocycles. The van der Waals surface area contributed by atoms with Crippen molar-refractivity contribution in [2.45, 2.75) is 20.1 Å². The summed E-state index contributed by atoms with van der Waals surface area (Å²) in [4.78, 5) is 17.1. The molecule has 0 unspecified atom stereocenters. The number of hydrogen-bond donors (Lipinski definition) is 1. The van der Waals surface area contributed by atoms with E-state index in [4.69, 9.17) is 14.2 Å². The number of benzene rings is 4. The van der Waals surface area contributed by atoms with Crippen LogP contribution in [-0.2, 0) is 13.2 Å². The molecule has 0 fully saturated rings. The van der Waals surface area contributed by atoms with Gasteiger partial charge in [0, 0.05) is 26.5 Å². The fourth-order valence-electron chi connectivity index (χ4n) is 4.08. The minimum Gasteiger partial charge on any atom is -0.493 e. The Labute approximate surface area is 256 Å². The van der Waals surface area contributed by atoms with E-state index in [2.05, 4.69) is 31.4 Å². The quantitative estimate of drug-likeness (QED) is 0.117. The molecule has 0 spiro atoms. The zero-order valence-electron chi connectivity index (χ0n) is 23.0. The second kappa shape index (κ2) is 13.9. The molecule has 1 N–H and O–H groups in total. The van der Waals surface area contributed by atoms with Crippen LogP contribution in [0.1, 0.15) is 32.1 Å². The molecule has 0 saturated heterocycles. The number of hydrazone groups is 1. The molecule has 5 aromatic rings. The number of nitrogens with zero attached hydrogens (tertiary/aromatic N) is 2. The molecule has 0 aliphatic carbocycles. The first-order valence-electron chi connectivity index (χ1n) is 13.1. The van der Waals surface area contributed by atoms with E-state index in [1.54, 1.807) is 36.8 Å². The molecule has 7 nitrogen and oxygen atoms in total. The lowest BCUT2D eigenvalue weighted by Crippen LogP contribution is -2.17. The van der Waals surface area contributed by atoms with Crippen molar-refractivity contribution in [3.05, 3.63) is 128 Å². The van der Waals surface area contributed by atoms with Crippen molar-refractivity contribution in [3.63, 3.8) is 0 Å². The van der Waals surface area contributed by atoms with Crippen molar-refractivity contribution >= 4 is 39.4 Å². The number of hydrogen-bond acceptors (Lipinski definition) is 7.